The van der Waals surface area contributed by atoms with Crippen molar-refractivity contribution in [3.05, 3.63) is 113 Å². The van der Waals surface area contributed by atoms with E-state index in [1.54, 1.807) is 4.90 Å². The van der Waals surface area contributed by atoms with Gasteiger partial charge in [0.05, 0.1) is 13.2 Å². The molecule has 0 bridgehead atoms. The highest BCUT2D eigenvalue weighted by molar-refractivity contribution is 6.05. The fourth-order valence-electron chi connectivity index (χ4n) is 9.12. The van der Waals surface area contributed by atoms with Gasteiger partial charge in [-0.1, -0.05) is 42.5 Å². The molecular weight excluding hydrogens is 681 g/mol. The maximum Gasteiger partial charge on any atom is 0.255 e. The number of ether oxygens (including phenoxy) is 1. The fourth-order valence-corrected chi connectivity index (χ4v) is 9.12. The maximum atomic E-state index is 13.1. The van der Waals surface area contributed by atoms with Crippen LogP contribution in [0, 0.1) is 11.8 Å². The van der Waals surface area contributed by atoms with Crippen molar-refractivity contribution in [3.63, 3.8) is 0 Å². The van der Waals surface area contributed by atoms with Crippen LogP contribution >= 0.6 is 0 Å². The summed E-state index contributed by atoms with van der Waals surface area (Å²) in [7, 11) is 0. The second kappa shape index (κ2) is 15.6. The summed E-state index contributed by atoms with van der Waals surface area (Å²) in [4.78, 5) is 56.1. The zero-order chi connectivity index (χ0) is 37.2. The number of fused-ring (bicyclic) bond motifs is 2. The molecule has 3 aliphatic heterocycles. The quantitative estimate of drug-likeness (QED) is 0.196. The van der Waals surface area contributed by atoms with Gasteiger partial charge in [0.2, 0.25) is 11.8 Å². The van der Waals surface area contributed by atoms with E-state index in [0.29, 0.717) is 62.1 Å². The average Bonchev–Trinajstić information content (AvgIpc) is 3.51. The Morgan fingerprint density at radius 1 is 0.889 bits per heavy atom. The lowest BCUT2D eigenvalue weighted by molar-refractivity contribution is -0.137. The Bertz CT molecular complexity index is 1980. The number of allylic oxidation sites excluding steroid dienone is 4. The molecule has 0 spiro atoms. The Kier molecular flexibility index (Phi) is 10.4. The second-order valence-corrected chi connectivity index (χ2v) is 15.3. The van der Waals surface area contributed by atoms with Crippen LogP contribution in [0.1, 0.15) is 77.1 Å². The summed E-state index contributed by atoms with van der Waals surface area (Å²) >= 11 is 0. The Hall–Kier alpha value is -5.22. The van der Waals surface area contributed by atoms with E-state index in [4.69, 9.17) is 4.74 Å². The van der Waals surface area contributed by atoms with Crippen molar-refractivity contribution >= 4 is 29.2 Å². The summed E-state index contributed by atoms with van der Waals surface area (Å²) in [5.41, 5.74) is 6.35. The molecule has 3 aromatic carbocycles. The first-order valence-electron chi connectivity index (χ1n) is 19.4. The van der Waals surface area contributed by atoms with E-state index in [1.165, 1.54) is 16.7 Å². The highest BCUT2D eigenvalue weighted by atomic mass is 16.5. The number of ketones is 1. The van der Waals surface area contributed by atoms with Crippen LogP contribution in [0.25, 0.3) is 0 Å². The fraction of sp³-hybridized carbons (Fsp3) is 0.409. The highest BCUT2D eigenvalue weighted by Gasteiger charge is 2.39. The molecular formula is C44H48N4O6. The van der Waals surface area contributed by atoms with Crippen molar-refractivity contribution in [2.24, 2.45) is 11.8 Å². The predicted octanol–water partition coefficient (Wildman–Crippen LogP) is 5.53. The maximum absolute atomic E-state index is 13.1. The van der Waals surface area contributed by atoms with Gasteiger partial charge in [-0.2, -0.15) is 0 Å². The lowest BCUT2D eigenvalue weighted by atomic mass is 9.66. The molecule has 2 fully saturated rings. The average molecular weight is 729 g/mol. The highest BCUT2D eigenvalue weighted by Crippen LogP contribution is 2.47. The van der Waals surface area contributed by atoms with Crippen molar-refractivity contribution in [1.82, 2.24) is 15.1 Å². The van der Waals surface area contributed by atoms with Gasteiger partial charge in [0, 0.05) is 62.7 Å². The van der Waals surface area contributed by atoms with Gasteiger partial charge in [0.1, 0.15) is 23.3 Å². The van der Waals surface area contributed by atoms with Gasteiger partial charge >= 0.3 is 0 Å². The summed E-state index contributed by atoms with van der Waals surface area (Å²) in [5, 5.41) is 12.5. The predicted molar refractivity (Wildman–Crippen MR) is 205 cm³/mol. The van der Waals surface area contributed by atoms with Crippen LogP contribution in [0.2, 0.25) is 0 Å². The van der Waals surface area contributed by atoms with E-state index < -0.39 is 11.9 Å². The van der Waals surface area contributed by atoms with E-state index in [9.17, 15) is 24.3 Å². The third-order valence-corrected chi connectivity index (χ3v) is 12.0. The first-order chi connectivity index (χ1) is 26.3. The number of aromatic hydroxyl groups is 1. The topological polar surface area (TPSA) is 119 Å². The molecule has 3 amide bonds. The number of benzene rings is 3. The molecule has 3 aromatic rings. The molecule has 8 rings (SSSR count). The summed E-state index contributed by atoms with van der Waals surface area (Å²) in [6.45, 7) is 4.36. The molecule has 2 N–H and O–H groups in total. The van der Waals surface area contributed by atoms with Crippen LogP contribution in [0.15, 0.2) is 85.0 Å². The summed E-state index contributed by atoms with van der Waals surface area (Å²) in [6.07, 6.45) is 13.7. The first kappa shape index (κ1) is 35.8. The third-order valence-electron chi connectivity index (χ3n) is 12.0. The molecule has 2 unspecified atom stereocenters. The van der Waals surface area contributed by atoms with Crippen LogP contribution in [0.5, 0.6) is 11.5 Å². The third kappa shape index (κ3) is 7.57. The summed E-state index contributed by atoms with van der Waals surface area (Å²) in [5.74, 6) is 1.70. The molecule has 10 nitrogen and oxygen atoms in total. The number of hydrogen-bond acceptors (Lipinski definition) is 8. The Morgan fingerprint density at radius 2 is 1.72 bits per heavy atom. The Morgan fingerprint density at radius 3 is 2.50 bits per heavy atom. The molecule has 4 atom stereocenters. The molecule has 0 radical (unpaired) electrons. The van der Waals surface area contributed by atoms with Crippen LogP contribution in [0.3, 0.4) is 0 Å². The molecule has 10 heteroatoms. The first-order valence-corrected chi connectivity index (χ1v) is 19.4. The number of imide groups is 1. The number of phenols is 1. The lowest BCUT2D eigenvalue weighted by Crippen LogP contribution is -2.52. The van der Waals surface area contributed by atoms with Crippen molar-refractivity contribution in [2.45, 2.75) is 63.5 Å². The zero-order valence-corrected chi connectivity index (χ0v) is 30.6. The number of nitrogens with zero attached hydrogens (tertiary/aromatic N) is 3. The van der Waals surface area contributed by atoms with E-state index in [1.807, 2.05) is 42.5 Å². The molecule has 0 aromatic heterocycles. The Labute approximate surface area is 316 Å². The van der Waals surface area contributed by atoms with Gasteiger partial charge < -0.3 is 19.6 Å². The van der Waals surface area contributed by atoms with Crippen molar-refractivity contribution in [2.75, 3.05) is 44.2 Å². The van der Waals surface area contributed by atoms with E-state index >= 15 is 0 Å². The van der Waals surface area contributed by atoms with E-state index in [2.05, 4.69) is 57.6 Å². The summed E-state index contributed by atoms with van der Waals surface area (Å²) in [6, 6.07) is 19.5. The summed E-state index contributed by atoms with van der Waals surface area (Å²) < 4.78 is 6.09. The second-order valence-electron chi connectivity index (χ2n) is 15.3. The number of Topliss-reactive ketones (excluding diaryl/α,β-unsaturated/α-hetero) is 1. The number of carbonyl (C=O) groups excluding carboxylic acids is 4. The van der Waals surface area contributed by atoms with Gasteiger partial charge in [-0.3, -0.25) is 29.4 Å². The van der Waals surface area contributed by atoms with Crippen LogP contribution < -0.4 is 15.0 Å². The molecule has 5 aliphatic rings. The minimum atomic E-state index is -0.621. The number of hydrogen-bond donors (Lipinski definition) is 2. The van der Waals surface area contributed by atoms with Gasteiger partial charge in [-0.05, 0) is 109 Å². The number of amides is 3. The van der Waals surface area contributed by atoms with Crippen molar-refractivity contribution < 1.29 is 29.0 Å². The van der Waals surface area contributed by atoms with Crippen LogP contribution in [0.4, 0.5) is 5.69 Å². The molecule has 2 aliphatic carbocycles. The Balaban J connectivity index is 0.786. The number of piperazine rings is 1. The smallest absolute Gasteiger partial charge is 0.255 e. The minimum Gasteiger partial charge on any atom is -0.508 e. The number of piperidine rings is 1. The number of nitrogens with one attached hydrogen (secondary N) is 1. The van der Waals surface area contributed by atoms with Crippen LogP contribution in [-0.2, 0) is 27.3 Å². The van der Waals surface area contributed by atoms with E-state index in [-0.39, 0.29) is 29.9 Å². The number of rotatable bonds is 11. The minimum absolute atomic E-state index is 0.166. The van der Waals surface area contributed by atoms with Crippen molar-refractivity contribution in [3.8, 4) is 11.5 Å². The van der Waals surface area contributed by atoms with Gasteiger partial charge in [0.15, 0.2) is 0 Å². The molecule has 280 valence electrons. The SMILES string of the molecule is O=C(CCCOc1ccc([C@@H]2c3ccc(O)cc3CC[C@@H]2C2C=CC=CC2)cc1)CN1CCN(c2ccc3c(c2)CN(C2CCC(=O)NC2=O)C3=O)CC1. The number of aryl methyl sites for hydroxylation is 1. The lowest BCUT2D eigenvalue weighted by Gasteiger charge is -2.38. The number of carbonyl (C=O) groups is 4. The monoisotopic (exact) mass is 728 g/mol. The molecule has 0 saturated carbocycles. The van der Waals surface area contributed by atoms with Crippen molar-refractivity contribution in [1.29, 1.82) is 0 Å². The van der Waals surface area contributed by atoms with Gasteiger partial charge in [0.25, 0.3) is 5.91 Å². The number of anilines is 1. The van der Waals surface area contributed by atoms with E-state index in [0.717, 1.165) is 62.4 Å². The standard InChI is InChI=1S/C44H48N4O6/c49-34-12-17-38-31(26-34)10-15-37(29-5-2-1-3-6-29)42(38)30-8-13-36(14-9-30)54-24-4-7-35(50)28-46-20-22-47(23-21-46)33-11-16-39-32(25-33)27-48(44(39)53)40-18-19-41(51)45-43(40)52/h1-3,5,8-9,11-14,16-17,25-26,29,37,40,42,49H,4,6-7,10,15,18-24,27-28H2,(H,45,51,52)/t29?,37-,40?,42+/m1/s1. The normalized spacial score (nSPS) is 24.0. The number of phenolic OH excluding ortho intramolecular Hbond substituents is 1. The van der Waals surface area contributed by atoms with Gasteiger partial charge in [-0.25, -0.2) is 0 Å². The zero-order valence-electron chi connectivity index (χ0n) is 30.6. The van der Waals surface area contributed by atoms with Gasteiger partial charge in [-0.15, -0.1) is 0 Å². The van der Waals surface area contributed by atoms with Crippen LogP contribution in [-0.4, -0.2) is 83.8 Å². The molecule has 54 heavy (non-hydrogen) atoms. The molecule has 3 heterocycles. The molecule has 2 saturated heterocycles. The largest absolute Gasteiger partial charge is 0.508 e.